The minimum absolute atomic E-state index is 0.213. The number of carboxylic acid groups (broad SMARTS) is 1. The highest BCUT2D eigenvalue weighted by Crippen LogP contribution is 2.43. The van der Waals surface area contributed by atoms with Crippen LogP contribution in [0.25, 0.3) is 10.9 Å². The van der Waals surface area contributed by atoms with Crippen molar-refractivity contribution < 1.29 is 28.9 Å². The van der Waals surface area contributed by atoms with E-state index in [9.17, 15) is 9.59 Å². The van der Waals surface area contributed by atoms with E-state index in [1.807, 2.05) is 0 Å². The molecule has 3 N–H and O–H groups in total. The Balaban J connectivity index is 2.49. The van der Waals surface area contributed by atoms with Gasteiger partial charge in [-0.3, -0.25) is 9.59 Å². The second kappa shape index (κ2) is 6.25. The zero-order valence-corrected chi connectivity index (χ0v) is 12.4. The van der Waals surface area contributed by atoms with Gasteiger partial charge < -0.3 is 29.6 Å². The summed E-state index contributed by atoms with van der Waals surface area (Å²) in [7, 11) is 4.45. The Hall–Kier alpha value is -2.90. The normalized spacial score (nSPS) is 10.3. The van der Waals surface area contributed by atoms with Crippen LogP contribution in [0.15, 0.2) is 12.1 Å². The number of aromatic amines is 1. The molecule has 1 heterocycles. The molecule has 0 spiro atoms. The molecule has 0 fully saturated rings. The second-order valence-electron chi connectivity index (χ2n) is 4.37. The Morgan fingerprint density at radius 2 is 1.82 bits per heavy atom. The van der Waals surface area contributed by atoms with Crippen molar-refractivity contribution in [2.24, 2.45) is 0 Å². The summed E-state index contributed by atoms with van der Waals surface area (Å²) >= 11 is 0. The van der Waals surface area contributed by atoms with Crippen molar-refractivity contribution in [1.82, 2.24) is 10.3 Å². The molecular weight excluding hydrogens is 292 g/mol. The molecule has 0 aliphatic carbocycles. The lowest BCUT2D eigenvalue weighted by Crippen LogP contribution is -2.29. The maximum absolute atomic E-state index is 11.9. The molecule has 1 amide bonds. The summed E-state index contributed by atoms with van der Waals surface area (Å²) in [5, 5.41) is 11.5. The number of aliphatic carboxylic acids is 1. The minimum Gasteiger partial charge on any atom is -0.493 e. The van der Waals surface area contributed by atoms with E-state index in [2.05, 4.69) is 10.3 Å². The summed E-state index contributed by atoms with van der Waals surface area (Å²) in [6.45, 7) is -0.460. The molecule has 0 saturated heterocycles. The SMILES string of the molecule is COc1cc2cc(C(=O)NCC(=O)O)[nH]c2c(OC)c1OC. The average Bonchev–Trinajstić information content (AvgIpc) is 2.93. The number of aromatic nitrogens is 1. The fourth-order valence-corrected chi connectivity index (χ4v) is 2.12. The first kappa shape index (κ1) is 15.5. The predicted molar refractivity (Wildman–Crippen MR) is 77.9 cm³/mol. The van der Waals surface area contributed by atoms with Crippen LogP contribution in [0.5, 0.6) is 17.2 Å². The quantitative estimate of drug-likeness (QED) is 0.734. The monoisotopic (exact) mass is 308 g/mol. The lowest BCUT2D eigenvalue weighted by molar-refractivity contribution is -0.135. The van der Waals surface area contributed by atoms with E-state index < -0.39 is 18.4 Å². The van der Waals surface area contributed by atoms with Gasteiger partial charge in [-0.2, -0.15) is 0 Å². The molecule has 8 nitrogen and oxygen atoms in total. The number of H-pyrrole nitrogens is 1. The van der Waals surface area contributed by atoms with Crippen molar-refractivity contribution in [2.45, 2.75) is 0 Å². The van der Waals surface area contributed by atoms with E-state index in [1.165, 1.54) is 21.3 Å². The van der Waals surface area contributed by atoms with Crippen LogP contribution in [0, 0.1) is 0 Å². The number of carbonyl (C=O) groups excluding carboxylic acids is 1. The van der Waals surface area contributed by atoms with Crippen LogP contribution in [-0.2, 0) is 4.79 Å². The molecule has 2 aromatic rings. The number of carbonyl (C=O) groups is 2. The highest BCUT2D eigenvalue weighted by atomic mass is 16.5. The van der Waals surface area contributed by atoms with Crippen molar-refractivity contribution in [3.63, 3.8) is 0 Å². The molecule has 1 aromatic carbocycles. The molecule has 118 valence electrons. The van der Waals surface area contributed by atoms with Crippen LogP contribution >= 0.6 is 0 Å². The van der Waals surface area contributed by atoms with Crippen LogP contribution in [0.2, 0.25) is 0 Å². The summed E-state index contributed by atoms with van der Waals surface area (Å²) in [5.41, 5.74) is 0.769. The van der Waals surface area contributed by atoms with E-state index in [1.54, 1.807) is 12.1 Å². The predicted octanol–water partition coefficient (Wildman–Crippen LogP) is 1.01. The first-order valence-corrected chi connectivity index (χ1v) is 6.33. The lowest BCUT2D eigenvalue weighted by Gasteiger charge is -2.12. The van der Waals surface area contributed by atoms with Gasteiger partial charge in [0.15, 0.2) is 11.5 Å². The first-order valence-electron chi connectivity index (χ1n) is 6.33. The number of benzene rings is 1. The number of carboxylic acids is 1. The molecule has 22 heavy (non-hydrogen) atoms. The van der Waals surface area contributed by atoms with Crippen molar-refractivity contribution >= 4 is 22.8 Å². The van der Waals surface area contributed by atoms with Crippen LogP contribution in [0.3, 0.4) is 0 Å². The molecule has 0 aliphatic rings. The number of fused-ring (bicyclic) bond motifs is 1. The number of nitrogens with one attached hydrogen (secondary N) is 2. The highest BCUT2D eigenvalue weighted by molar-refractivity contribution is 6.01. The van der Waals surface area contributed by atoms with Crippen LogP contribution < -0.4 is 19.5 Å². The first-order chi connectivity index (χ1) is 10.5. The molecule has 1 aromatic heterocycles. The van der Waals surface area contributed by atoms with Crippen molar-refractivity contribution in [1.29, 1.82) is 0 Å². The van der Waals surface area contributed by atoms with Gasteiger partial charge in [0.05, 0.1) is 26.8 Å². The molecule has 8 heteroatoms. The maximum atomic E-state index is 11.9. The number of amides is 1. The summed E-state index contributed by atoms with van der Waals surface area (Å²) in [5.74, 6) is -0.390. The summed E-state index contributed by atoms with van der Waals surface area (Å²) < 4.78 is 15.8. The second-order valence-corrected chi connectivity index (χ2v) is 4.37. The Morgan fingerprint density at radius 1 is 1.14 bits per heavy atom. The third-order valence-corrected chi connectivity index (χ3v) is 3.06. The smallest absolute Gasteiger partial charge is 0.322 e. The fraction of sp³-hybridized carbons (Fsp3) is 0.286. The number of rotatable bonds is 6. The van der Waals surface area contributed by atoms with Gasteiger partial charge in [-0.1, -0.05) is 0 Å². The Bertz CT molecular complexity index is 722. The van der Waals surface area contributed by atoms with E-state index in [0.717, 1.165) is 0 Å². The molecular formula is C14H16N2O6. The van der Waals surface area contributed by atoms with Crippen molar-refractivity contribution in [3.05, 3.63) is 17.8 Å². The number of ether oxygens (including phenoxy) is 3. The number of hydrogen-bond donors (Lipinski definition) is 3. The zero-order chi connectivity index (χ0) is 16.3. The standard InChI is InChI=1S/C14H16N2O6/c1-20-9-5-7-4-8(14(19)15-6-10(17)18)16-11(7)13(22-3)12(9)21-2/h4-5,16H,6H2,1-3H3,(H,15,19)(H,17,18). The number of hydrogen-bond acceptors (Lipinski definition) is 5. The molecule has 0 saturated carbocycles. The van der Waals surface area contributed by atoms with Crippen molar-refractivity contribution in [2.75, 3.05) is 27.9 Å². The van der Waals surface area contributed by atoms with Crippen molar-refractivity contribution in [3.8, 4) is 17.2 Å². The van der Waals surface area contributed by atoms with Gasteiger partial charge in [0.25, 0.3) is 5.91 Å². The third-order valence-electron chi connectivity index (χ3n) is 3.06. The fourth-order valence-electron chi connectivity index (χ4n) is 2.12. The minimum atomic E-state index is -1.12. The number of methoxy groups -OCH3 is 3. The van der Waals surface area contributed by atoms with Crippen LogP contribution in [0.4, 0.5) is 0 Å². The van der Waals surface area contributed by atoms with Gasteiger partial charge in [0, 0.05) is 5.39 Å². The van der Waals surface area contributed by atoms with Gasteiger partial charge in [-0.25, -0.2) is 0 Å². The summed E-state index contributed by atoms with van der Waals surface area (Å²) in [4.78, 5) is 25.3. The van der Waals surface area contributed by atoms with E-state index >= 15 is 0 Å². The highest BCUT2D eigenvalue weighted by Gasteiger charge is 2.19. The van der Waals surface area contributed by atoms with Crippen LogP contribution in [-0.4, -0.2) is 49.8 Å². The molecule has 2 rings (SSSR count). The Kier molecular flexibility index (Phi) is 4.40. The van der Waals surface area contributed by atoms with Crippen LogP contribution in [0.1, 0.15) is 10.5 Å². The van der Waals surface area contributed by atoms with Gasteiger partial charge in [0.1, 0.15) is 12.2 Å². The summed E-state index contributed by atoms with van der Waals surface area (Å²) in [6, 6.07) is 3.28. The van der Waals surface area contributed by atoms with Gasteiger partial charge in [-0.05, 0) is 12.1 Å². The Labute approximate surface area is 126 Å². The largest absolute Gasteiger partial charge is 0.493 e. The molecule has 0 atom stereocenters. The third kappa shape index (κ3) is 2.76. The molecule has 0 unspecified atom stereocenters. The van der Waals surface area contributed by atoms with E-state index in [-0.39, 0.29) is 5.69 Å². The molecule has 0 bridgehead atoms. The van der Waals surface area contributed by atoms with E-state index in [4.69, 9.17) is 19.3 Å². The van der Waals surface area contributed by atoms with E-state index in [0.29, 0.717) is 28.2 Å². The zero-order valence-electron chi connectivity index (χ0n) is 12.4. The molecule has 0 aliphatic heterocycles. The molecule has 0 radical (unpaired) electrons. The van der Waals surface area contributed by atoms with Gasteiger partial charge in [-0.15, -0.1) is 0 Å². The van der Waals surface area contributed by atoms with Gasteiger partial charge >= 0.3 is 5.97 Å². The average molecular weight is 308 g/mol. The lowest BCUT2D eigenvalue weighted by atomic mass is 10.2. The topological polar surface area (TPSA) is 110 Å². The van der Waals surface area contributed by atoms with Gasteiger partial charge in [0.2, 0.25) is 5.75 Å². The Morgan fingerprint density at radius 3 is 2.36 bits per heavy atom. The maximum Gasteiger partial charge on any atom is 0.322 e. The summed E-state index contributed by atoms with van der Waals surface area (Å²) in [6.07, 6.45) is 0.